The molecule has 1 aromatic carbocycles. The lowest BCUT2D eigenvalue weighted by Crippen LogP contribution is -2.42. The van der Waals surface area contributed by atoms with Crippen LogP contribution in [-0.2, 0) is 15.7 Å². The van der Waals surface area contributed by atoms with Gasteiger partial charge in [-0.05, 0) is 19.1 Å². The largest absolute Gasteiger partial charge is 0.491 e. The van der Waals surface area contributed by atoms with Gasteiger partial charge in [0.1, 0.15) is 24.2 Å². The number of hydrogen-bond donors (Lipinski definition) is 4. The van der Waals surface area contributed by atoms with Crippen molar-refractivity contribution in [3.05, 3.63) is 82.9 Å². The van der Waals surface area contributed by atoms with E-state index in [0.717, 1.165) is 17.3 Å². The summed E-state index contributed by atoms with van der Waals surface area (Å²) < 4.78 is 60.8. The number of nitrogens with zero attached hydrogens (tertiary/aromatic N) is 3. The molecule has 190 valence electrons. The van der Waals surface area contributed by atoms with Crippen molar-refractivity contribution in [3.8, 4) is 0 Å². The van der Waals surface area contributed by atoms with Crippen LogP contribution >= 0.6 is 0 Å². The highest BCUT2D eigenvalue weighted by atomic mass is 19.4. The summed E-state index contributed by atoms with van der Waals surface area (Å²) in [6.07, 6.45) is -3.43. The summed E-state index contributed by atoms with van der Waals surface area (Å²) in [5.74, 6) is -1.52. The summed E-state index contributed by atoms with van der Waals surface area (Å²) in [5.41, 5.74) is -1.33. The maximum absolute atomic E-state index is 14.0. The summed E-state index contributed by atoms with van der Waals surface area (Å²) in [6.45, 7) is 0.565. The van der Waals surface area contributed by atoms with Crippen molar-refractivity contribution in [1.82, 2.24) is 15.3 Å². The number of ether oxygens (including phenoxy) is 1. The molecule has 1 aromatic heterocycles. The third-order valence-electron chi connectivity index (χ3n) is 5.34. The summed E-state index contributed by atoms with van der Waals surface area (Å²) >= 11 is 0. The lowest BCUT2D eigenvalue weighted by molar-refractivity contribution is -0.137. The van der Waals surface area contributed by atoms with E-state index >= 15 is 0 Å². The second-order valence-corrected chi connectivity index (χ2v) is 7.90. The highest BCUT2D eigenvalue weighted by molar-refractivity contribution is 6.11. The Morgan fingerprint density at radius 3 is 2.75 bits per heavy atom. The molecule has 2 atom stereocenters. The number of rotatable bonds is 7. The molecule has 0 bridgehead atoms. The maximum atomic E-state index is 14.0. The van der Waals surface area contributed by atoms with Crippen LogP contribution in [0.15, 0.2) is 71.1 Å². The van der Waals surface area contributed by atoms with E-state index in [1.54, 1.807) is 0 Å². The number of fused-ring (bicyclic) bond motifs is 1. The van der Waals surface area contributed by atoms with Crippen LogP contribution in [0, 0.1) is 5.82 Å². The highest BCUT2D eigenvalue weighted by Gasteiger charge is 2.41. The number of nitrogens with one attached hydrogen (secondary N) is 2. The van der Waals surface area contributed by atoms with Gasteiger partial charge in [0.05, 0.1) is 29.8 Å². The Balaban J connectivity index is 1.75. The van der Waals surface area contributed by atoms with Crippen molar-refractivity contribution < 1.29 is 37.3 Å². The van der Waals surface area contributed by atoms with Crippen molar-refractivity contribution in [2.24, 2.45) is 5.10 Å². The van der Waals surface area contributed by atoms with Crippen molar-refractivity contribution in [3.63, 3.8) is 0 Å². The zero-order chi connectivity index (χ0) is 26.0. The standard InChI is InChI=1S/C23H21F4N5O4/c1-12-20(22(35)30-17-6-7-28-9-16(17)24)32-21(29-12)19(36-11-13(34)10-33)8-18(31-32)14-4-2-3-5-15(14)23(25,26)27/h2-9,13,21,29,33-34H,10-11H2,1H3,(H,28,30,35)/t13-,21?/m1/s1. The third kappa shape index (κ3) is 5.02. The maximum Gasteiger partial charge on any atom is 0.417 e. The van der Waals surface area contributed by atoms with Crippen LogP contribution in [0.25, 0.3) is 0 Å². The number of allylic oxidation sites excluding steroid dienone is 2. The number of aliphatic hydroxyl groups excluding tert-OH is 2. The predicted octanol–water partition coefficient (Wildman–Crippen LogP) is 2.31. The number of alkyl halides is 3. The van der Waals surface area contributed by atoms with E-state index in [1.807, 2.05) is 0 Å². The van der Waals surface area contributed by atoms with E-state index in [-0.39, 0.29) is 35.0 Å². The molecule has 13 heteroatoms. The van der Waals surface area contributed by atoms with Crippen LogP contribution in [0.5, 0.6) is 0 Å². The number of pyridine rings is 1. The first-order valence-electron chi connectivity index (χ1n) is 10.7. The number of carbonyl (C=O) groups is 1. The topological polar surface area (TPSA) is 119 Å². The average molecular weight is 507 g/mol. The van der Waals surface area contributed by atoms with E-state index < -0.39 is 42.3 Å². The second-order valence-electron chi connectivity index (χ2n) is 7.90. The van der Waals surface area contributed by atoms with Gasteiger partial charge in [-0.1, -0.05) is 18.2 Å². The molecule has 2 aromatic rings. The zero-order valence-electron chi connectivity index (χ0n) is 18.8. The summed E-state index contributed by atoms with van der Waals surface area (Å²) in [4.78, 5) is 16.7. The smallest absolute Gasteiger partial charge is 0.417 e. The van der Waals surface area contributed by atoms with Crippen LogP contribution in [-0.4, -0.2) is 57.3 Å². The minimum Gasteiger partial charge on any atom is -0.491 e. The van der Waals surface area contributed by atoms with Crippen LogP contribution in [0.2, 0.25) is 0 Å². The lowest BCUT2D eigenvalue weighted by atomic mass is 10.0. The number of halogens is 4. The molecule has 1 unspecified atom stereocenters. The molecule has 0 fully saturated rings. The van der Waals surface area contributed by atoms with Crippen molar-refractivity contribution in [2.45, 2.75) is 25.4 Å². The number of anilines is 1. The molecule has 0 radical (unpaired) electrons. The van der Waals surface area contributed by atoms with Gasteiger partial charge in [0.15, 0.2) is 12.0 Å². The Morgan fingerprint density at radius 2 is 2.06 bits per heavy atom. The first-order chi connectivity index (χ1) is 17.1. The summed E-state index contributed by atoms with van der Waals surface area (Å²) in [6, 6.07) is 6.02. The number of aliphatic hydroxyl groups is 2. The number of hydrogen-bond acceptors (Lipinski definition) is 8. The Morgan fingerprint density at radius 1 is 1.31 bits per heavy atom. The van der Waals surface area contributed by atoms with Gasteiger partial charge < -0.3 is 25.6 Å². The van der Waals surface area contributed by atoms with E-state index in [1.165, 1.54) is 43.5 Å². The fraction of sp³-hybridized carbons (Fsp3) is 0.261. The van der Waals surface area contributed by atoms with Gasteiger partial charge in [-0.2, -0.15) is 18.3 Å². The molecule has 4 N–H and O–H groups in total. The molecule has 0 aliphatic carbocycles. The molecule has 3 heterocycles. The van der Waals surface area contributed by atoms with Gasteiger partial charge in [0, 0.05) is 23.5 Å². The zero-order valence-corrected chi connectivity index (χ0v) is 18.8. The summed E-state index contributed by atoms with van der Waals surface area (Å²) in [7, 11) is 0. The number of amides is 1. The van der Waals surface area contributed by atoms with E-state index in [4.69, 9.17) is 9.84 Å². The molecule has 4 rings (SSSR count). The number of hydrazone groups is 1. The Labute approximate surface area is 202 Å². The SMILES string of the molecule is CC1=C(C(=O)Nc2ccncc2F)N2N=C(c3ccccc3C(F)(F)F)C=C(OC[C@H](O)CO)C2N1. The molecule has 36 heavy (non-hydrogen) atoms. The molecule has 0 saturated carbocycles. The van der Waals surface area contributed by atoms with Crippen molar-refractivity contribution in [1.29, 1.82) is 0 Å². The van der Waals surface area contributed by atoms with E-state index in [9.17, 15) is 27.5 Å². The molecule has 0 spiro atoms. The van der Waals surface area contributed by atoms with Gasteiger partial charge in [-0.3, -0.25) is 9.78 Å². The number of carbonyl (C=O) groups excluding carboxylic acids is 1. The van der Waals surface area contributed by atoms with Gasteiger partial charge in [0.2, 0.25) is 0 Å². The van der Waals surface area contributed by atoms with Crippen LogP contribution < -0.4 is 10.6 Å². The summed E-state index contributed by atoms with van der Waals surface area (Å²) in [5, 5.41) is 29.6. The van der Waals surface area contributed by atoms with Crippen LogP contribution in [0.3, 0.4) is 0 Å². The van der Waals surface area contributed by atoms with Crippen molar-refractivity contribution in [2.75, 3.05) is 18.5 Å². The quantitative estimate of drug-likeness (QED) is 0.425. The monoisotopic (exact) mass is 507 g/mol. The Kier molecular flexibility index (Phi) is 6.95. The third-order valence-corrected chi connectivity index (χ3v) is 5.34. The highest BCUT2D eigenvalue weighted by Crippen LogP contribution is 2.35. The fourth-order valence-electron chi connectivity index (χ4n) is 3.68. The normalized spacial score (nSPS) is 18.2. The van der Waals surface area contributed by atoms with Gasteiger partial charge in [-0.25, -0.2) is 9.40 Å². The molecular weight excluding hydrogens is 486 g/mol. The van der Waals surface area contributed by atoms with Crippen LogP contribution in [0.4, 0.5) is 23.2 Å². The van der Waals surface area contributed by atoms with Crippen LogP contribution in [0.1, 0.15) is 18.1 Å². The first-order valence-corrected chi connectivity index (χ1v) is 10.7. The minimum absolute atomic E-state index is 0.0433. The average Bonchev–Trinajstić information content (AvgIpc) is 3.19. The van der Waals surface area contributed by atoms with Gasteiger partial charge in [0.25, 0.3) is 5.91 Å². The molecule has 2 aliphatic rings. The number of benzene rings is 1. The Hall–Kier alpha value is -3.97. The molecule has 2 aliphatic heterocycles. The van der Waals surface area contributed by atoms with E-state index in [2.05, 4.69) is 20.7 Å². The van der Waals surface area contributed by atoms with Crippen molar-refractivity contribution >= 4 is 17.3 Å². The fourth-order valence-corrected chi connectivity index (χ4v) is 3.68. The minimum atomic E-state index is -4.69. The van der Waals surface area contributed by atoms with Gasteiger partial charge >= 0.3 is 6.18 Å². The molecule has 1 amide bonds. The molecule has 9 nitrogen and oxygen atoms in total. The number of aromatic nitrogens is 1. The lowest BCUT2D eigenvalue weighted by Gasteiger charge is -2.31. The Bertz CT molecular complexity index is 1260. The van der Waals surface area contributed by atoms with E-state index in [0.29, 0.717) is 5.70 Å². The second kappa shape index (κ2) is 9.95. The molecular formula is C23H21F4N5O4. The molecule has 0 saturated heterocycles. The predicted molar refractivity (Wildman–Crippen MR) is 119 cm³/mol. The first kappa shape index (κ1) is 25.1. The van der Waals surface area contributed by atoms with Gasteiger partial charge in [-0.15, -0.1) is 0 Å².